The molecule has 4 heteroatoms. The molecule has 2 aromatic rings. The van der Waals surface area contributed by atoms with Gasteiger partial charge in [-0.05, 0) is 31.2 Å². The Hall–Kier alpha value is -1.23. The maximum atomic E-state index is 5.56. The molecule has 0 spiro atoms. The number of nitrogens with two attached hydrogens (primary N) is 1. The Morgan fingerprint density at radius 3 is 2.73 bits per heavy atom. The van der Waals surface area contributed by atoms with E-state index in [1.807, 2.05) is 18.2 Å². The minimum Gasteiger partial charge on any atom is -0.270 e. The van der Waals surface area contributed by atoms with Crippen LogP contribution in [0.1, 0.15) is 21.5 Å². The fourth-order valence-electron chi connectivity index (χ4n) is 1.47. The van der Waals surface area contributed by atoms with Crippen LogP contribution in [0, 0.1) is 6.92 Å². The predicted octanol–water partition coefficient (Wildman–Crippen LogP) is 2.00. The summed E-state index contributed by atoms with van der Waals surface area (Å²) in [5, 5.41) is 0. The molecule has 0 amide bonds. The Labute approximate surface area is 92.9 Å². The zero-order valence-electron chi connectivity index (χ0n) is 8.47. The van der Waals surface area contributed by atoms with Crippen molar-refractivity contribution in [1.82, 2.24) is 10.4 Å². The number of thiophene rings is 1. The van der Waals surface area contributed by atoms with Crippen molar-refractivity contribution < 1.29 is 0 Å². The molecule has 0 radical (unpaired) electrons. The minimum atomic E-state index is -0.00935. The second-order valence-electron chi connectivity index (χ2n) is 3.30. The monoisotopic (exact) mass is 219 g/mol. The Morgan fingerprint density at radius 2 is 2.20 bits per heavy atom. The van der Waals surface area contributed by atoms with Crippen LogP contribution in [0.25, 0.3) is 0 Å². The number of aryl methyl sites for hydroxylation is 1. The van der Waals surface area contributed by atoms with Gasteiger partial charge in [0.05, 0.1) is 11.7 Å². The molecule has 0 saturated heterocycles. The lowest BCUT2D eigenvalue weighted by atomic mass is 10.1. The van der Waals surface area contributed by atoms with Gasteiger partial charge in [-0.3, -0.25) is 10.8 Å². The van der Waals surface area contributed by atoms with Gasteiger partial charge in [0.25, 0.3) is 0 Å². The molecule has 3 nitrogen and oxygen atoms in total. The highest BCUT2D eigenvalue weighted by atomic mass is 32.1. The fourth-order valence-corrected chi connectivity index (χ4v) is 2.42. The van der Waals surface area contributed by atoms with E-state index >= 15 is 0 Å². The number of pyridine rings is 1. The molecule has 15 heavy (non-hydrogen) atoms. The summed E-state index contributed by atoms with van der Waals surface area (Å²) in [6.07, 6.45) is 1.78. The van der Waals surface area contributed by atoms with Gasteiger partial charge in [0.1, 0.15) is 0 Å². The molecule has 0 aliphatic rings. The first kappa shape index (κ1) is 10.3. The smallest absolute Gasteiger partial charge is 0.0973 e. The van der Waals surface area contributed by atoms with Crippen LogP contribution in [0.2, 0.25) is 0 Å². The molecular formula is C11H13N3S. The zero-order valence-corrected chi connectivity index (χ0v) is 9.29. The first-order chi connectivity index (χ1) is 7.31. The summed E-state index contributed by atoms with van der Waals surface area (Å²) in [7, 11) is 0. The first-order valence-electron chi connectivity index (χ1n) is 4.74. The lowest BCUT2D eigenvalue weighted by Crippen LogP contribution is -2.28. The van der Waals surface area contributed by atoms with E-state index < -0.39 is 0 Å². The van der Waals surface area contributed by atoms with E-state index in [1.54, 1.807) is 17.5 Å². The third kappa shape index (κ3) is 2.23. The molecule has 0 bridgehead atoms. The van der Waals surface area contributed by atoms with Crippen molar-refractivity contribution in [3.8, 4) is 0 Å². The van der Waals surface area contributed by atoms with Crippen molar-refractivity contribution in [1.29, 1.82) is 0 Å². The molecule has 2 rings (SSSR count). The molecule has 0 aromatic carbocycles. The second kappa shape index (κ2) is 4.53. The van der Waals surface area contributed by atoms with E-state index in [1.165, 1.54) is 9.75 Å². The van der Waals surface area contributed by atoms with E-state index in [0.717, 1.165) is 5.69 Å². The SMILES string of the molecule is Cc1ccc(C(NN)c2ccccn2)s1. The number of hydrogen-bond acceptors (Lipinski definition) is 4. The molecule has 2 aromatic heterocycles. The zero-order chi connectivity index (χ0) is 10.7. The number of hydrazine groups is 1. The average molecular weight is 219 g/mol. The third-order valence-electron chi connectivity index (χ3n) is 2.20. The Balaban J connectivity index is 2.33. The van der Waals surface area contributed by atoms with Gasteiger partial charge in [-0.15, -0.1) is 11.3 Å². The molecule has 0 fully saturated rings. The molecule has 78 valence electrons. The van der Waals surface area contributed by atoms with Crippen LogP contribution in [0.5, 0.6) is 0 Å². The fraction of sp³-hybridized carbons (Fsp3) is 0.182. The number of rotatable bonds is 3. The molecule has 1 atom stereocenters. The molecule has 0 aliphatic heterocycles. The standard InChI is InChI=1S/C11H13N3S/c1-8-5-6-10(15-8)11(14-12)9-4-2-3-7-13-9/h2-7,11,14H,12H2,1H3. The maximum Gasteiger partial charge on any atom is 0.0973 e. The maximum absolute atomic E-state index is 5.56. The quantitative estimate of drug-likeness (QED) is 0.613. The minimum absolute atomic E-state index is 0.00935. The number of hydrogen-bond donors (Lipinski definition) is 2. The largest absolute Gasteiger partial charge is 0.270 e. The van der Waals surface area contributed by atoms with E-state index in [-0.39, 0.29) is 6.04 Å². The molecule has 2 heterocycles. The van der Waals surface area contributed by atoms with Gasteiger partial charge in [-0.1, -0.05) is 6.07 Å². The van der Waals surface area contributed by atoms with Crippen molar-refractivity contribution >= 4 is 11.3 Å². The highest BCUT2D eigenvalue weighted by Crippen LogP contribution is 2.26. The van der Waals surface area contributed by atoms with Crippen LogP contribution in [-0.4, -0.2) is 4.98 Å². The summed E-state index contributed by atoms with van der Waals surface area (Å²) in [6, 6.07) is 10.0. The number of aromatic nitrogens is 1. The lowest BCUT2D eigenvalue weighted by molar-refractivity contribution is 0.630. The van der Waals surface area contributed by atoms with E-state index in [9.17, 15) is 0 Å². The van der Waals surface area contributed by atoms with Crippen LogP contribution in [-0.2, 0) is 0 Å². The van der Waals surface area contributed by atoms with E-state index in [2.05, 4.69) is 29.5 Å². The summed E-state index contributed by atoms with van der Waals surface area (Å²) in [5.41, 5.74) is 3.74. The predicted molar refractivity (Wildman–Crippen MR) is 62.5 cm³/mol. The summed E-state index contributed by atoms with van der Waals surface area (Å²) in [5.74, 6) is 5.56. The Morgan fingerprint density at radius 1 is 1.33 bits per heavy atom. The highest BCUT2D eigenvalue weighted by molar-refractivity contribution is 7.12. The number of nitrogens with zero attached hydrogens (tertiary/aromatic N) is 1. The summed E-state index contributed by atoms with van der Waals surface area (Å²) >= 11 is 1.73. The highest BCUT2D eigenvalue weighted by Gasteiger charge is 2.14. The summed E-state index contributed by atoms with van der Waals surface area (Å²) in [4.78, 5) is 6.77. The molecular weight excluding hydrogens is 206 g/mol. The van der Waals surface area contributed by atoms with Gasteiger partial charge in [-0.2, -0.15) is 0 Å². The first-order valence-corrected chi connectivity index (χ1v) is 5.56. The van der Waals surface area contributed by atoms with Crippen molar-refractivity contribution in [2.45, 2.75) is 13.0 Å². The second-order valence-corrected chi connectivity index (χ2v) is 4.62. The van der Waals surface area contributed by atoms with Crippen LogP contribution in [0.3, 0.4) is 0 Å². The molecule has 3 N–H and O–H groups in total. The van der Waals surface area contributed by atoms with Crippen molar-refractivity contribution in [3.05, 3.63) is 52.0 Å². The van der Waals surface area contributed by atoms with Gasteiger partial charge in [-0.25, -0.2) is 5.43 Å². The molecule has 1 unspecified atom stereocenters. The lowest BCUT2D eigenvalue weighted by Gasteiger charge is -2.12. The Kier molecular flexibility index (Phi) is 3.11. The van der Waals surface area contributed by atoms with Crippen molar-refractivity contribution in [2.24, 2.45) is 5.84 Å². The van der Waals surface area contributed by atoms with Gasteiger partial charge >= 0.3 is 0 Å². The third-order valence-corrected chi connectivity index (χ3v) is 3.26. The van der Waals surface area contributed by atoms with E-state index in [4.69, 9.17) is 5.84 Å². The van der Waals surface area contributed by atoms with Gasteiger partial charge in [0.2, 0.25) is 0 Å². The molecule has 0 saturated carbocycles. The van der Waals surface area contributed by atoms with Crippen molar-refractivity contribution in [3.63, 3.8) is 0 Å². The van der Waals surface area contributed by atoms with E-state index in [0.29, 0.717) is 0 Å². The summed E-state index contributed by atoms with van der Waals surface area (Å²) < 4.78 is 0. The van der Waals surface area contributed by atoms with Gasteiger partial charge in [0, 0.05) is 16.0 Å². The van der Waals surface area contributed by atoms with Crippen LogP contribution < -0.4 is 11.3 Å². The van der Waals surface area contributed by atoms with Gasteiger partial charge in [0.15, 0.2) is 0 Å². The summed E-state index contributed by atoms with van der Waals surface area (Å²) in [6.45, 7) is 2.08. The van der Waals surface area contributed by atoms with Crippen LogP contribution >= 0.6 is 11.3 Å². The van der Waals surface area contributed by atoms with Crippen LogP contribution in [0.4, 0.5) is 0 Å². The number of nitrogens with one attached hydrogen (secondary N) is 1. The normalized spacial score (nSPS) is 12.7. The molecule has 0 aliphatic carbocycles. The average Bonchev–Trinajstić information content (AvgIpc) is 2.68. The van der Waals surface area contributed by atoms with Gasteiger partial charge < -0.3 is 0 Å². The Bertz CT molecular complexity index is 424. The van der Waals surface area contributed by atoms with Crippen LogP contribution in [0.15, 0.2) is 36.5 Å². The topological polar surface area (TPSA) is 50.9 Å². The van der Waals surface area contributed by atoms with Crippen molar-refractivity contribution in [2.75, 3.05) is 0 Å².